The summed E-state index contributed by atoms with van der Waals surface area (Å²) >= 11 is 13.4. The number of rotatable bonds is 7. The molecule has 1 aliphatic heterocycles. The number of aryl methyl sites for hydroxylation is 1. The van der Waals surface area contributed by atoms with Crippen molar-refractivity contribution in [1.29, 1.82) is 0 Å². The minimum absolute atomic E-state index is 0.0349. The molecule has 1 saturated heterocycles. The molecule has 1 amide bonds. The quantitative estimate of drug-likeness (QED) is 0.248. The molecule has 2 aromatic heterocycles. The number of halogens is 2. The highest BCUT2D eigenvalue weighted by Gasteiger charge is 2.57. The van der Waals surface area contributed by atoms with Crippen LogP contribution in [0.1, 0.15) is 25.9 Å². The minimum Gasteiger partial charge on any atom is -0.477 e. The van der Waals surface area contributed by atoms with Crippen molar-refractivity contribution in [3.63, 3.8) is 0 Å². The van der Waals surface area contributed by atoms with Crippen LogP contribution in [0.5, 0.6) is 11.5 Å². The predicted octanol–water partition coefficient (Wildman–Crippen LogP) is 6.11. The number of aromatic amines is 1. The molecular weight excluding hydrogens is 547 g/mol. The van der Waals surface area contributed by atoms with Gasteiger partial charge in [0.05, 0.1) is 15.7 Å². The van der Waals surface area contributed by atoms with Crippen molar-refractivity contribution in [3.05, 3.63) is 80.9 Å². The first kappa shape index (κ1) is 24.8. The number of nitrogens with one attached hydrogen (secondary N) is 2. The Hall–Kier alpha value is -3.53. The van der Waals surface area contributed by atoms with E-state index in [9.17, 15) is 14.7 Å². The first-order chi connectivity index (χ1) is 18.3. The standard InChI is InChI=1S/C27H22Cl2N4O4S/c1-13-19(28)20(29)23(30-13)25(34)31-22-17-11-33(12-18(17)22)27-32-21(24(38-27)26(35)36)14-7-9-16(10-8-14)37-15-5-3-2-4-6-15/h2-10,17-18,22,30H,11-12H2,1H3,(H,31,34)(H,35,36)/t17-,18+,22-. The third kappa shape index (κ3) is 4.51. The number of aromatic carboxylic acids is 1. The number of ether oxygens (including phenoxy) is 1. The second-order valence-corrected chi connectivity index (χ2v) is 11.1. The van der Waals surface area contributed by atoms with Gasteiger partial charge in [-0.05, 0) is 43.3 Å². The lowest BCUT2D eigenvalue weighted by atomic mass is 10.1. The molecule has 2 fully saturated rings. The number of anilines is 1. The van der Waals surface area contributed by atoms with Crippen LogP contribution in [0.2, 0.25) is 10.0 Å². The number of para-hydroxylation sites is 1. The summed E-state index contributed by atoms with van der Waals surface area (Å²) in [6.07, 6.45) is 0. The molecule has 0 bridgehead atoms. The van der Waals surface area contributed by atoms with Gasteiger partial charge >= 0.3 is 5.97 Å². The van der Waals surface area contributed by atoms with Crippen LogP contribution in [0.25, 0.3) is 11.3 Å². The number of H-pyrrole nitrogens is 1. The van der Waals surface area contributed by atoms with Crippen LogP contribution in [0, 0.1) is 18.8 Å². The van der Waals surface area contributed by atoms with E-state index in [0.29, 0.717) is 45.9 Å². The maximum absolute atomic E-state index is 12.7. The van der Waals surface area contributed by atoms with Crippen molar-refractivity contribution in [2.24, 2.45) is 11.8 Å². The van der Waals surface area contributed by atoms with Crippen LogP contribution >= 0.6 is 34.5 Å². The number of carboxylic acids is 1. The molecule has 4 aromatic rings. The lowest BCUT2D eigenvalue weighted by molar-refractivity contribution is 0.0702. The molecule has 0 unspecified atom stereocenters. The van der Waals surface area contributed by atoms with Crippen molar-refractivity contribution in [2.45, 2.75) is 13.0 Å². The highest BCUT2D eigenvalue weighted by molar-refractivity contribution is 7.17. The Morgan fingerprint density at radius 1 is 1.05 bits per heavy atom. The molecule has 2 aliphatic rings. The fraction of sp³-hybridized carbons (Fsp3) is 0.222. The minimum atomic E-state index is -1.01. The number of benzene rings is 2. The number of hydrogen-bond donors (Lipinski definition) is 3. The SMILES string of the molecule is Cc1[nH]c(C(=O)N[C@@H]2[C@@H]3CN(c4nc(-c5ccc(Oc6ccccc6)cc5)c(C(=O)O)s4)C[C@@H]32)c(Cl)c1Cl. The molecule has 3 heterocycles. The normalized spacial score (nSPS) is 19.8. The summed E-state index contributed by atoms with van der Waals surface area (Å²) in [6.45, 7) is 3.13. The number of hydrogen-bond acceptors (Lipinski definition) is 6. The average Bonchev–Trinajstić information content (AvgIpc) is 3.29. The second-order valence-electron chi connectivity index (χ2n) is 9.40. The topological polar surface area (TPSA) is 108 Å². The van der Waals surface area contributed by atoms with Gasteiger partial charge in [0.1, 0.15) is 22.1 Å². The Bertz CT molecular complexity index is 1520. The van der Waals surface area contributed by atoms with E-state index in [1.54, 1.807) is 19.1 Å². The number of nitrogens with zero attached hydrogens (tertiary/aromatic N) is 2. The number of carboxylic acid groups (broad SMARTS) is 1. The van der Waals surface area contributed by atoms with Gasteiger partial charge in [-0.2, -0.15) is 0 Å². The third-order valence-corrected chi connectivity index (χ3v) is 9.01. The first-order valence-electron chi connectivity index (χ1n) is 12.0. The van der Waals surface area contributed by atoms with E-state index in [1.165, 1.54) is 11.3 Å². The summed E-state index contributed by atoms with van der Waals surface area (Å²) in [7, 11) is 0. The molecule has 0 spiro atoms. The Morgan fingerprint density at radius 2 is 1.71 bits per heavy atom. The molecule has 11 heteroatoms. The zero-order chi connectivity index (χ0) is 26.6. The monoisotopic (exact) mass is 568 g/mol. The Kier molecular flexibility index (Phi) is 6.29. The number of thiazole rings is 1. The van der Waals surface area contributed by atoms with Gasteiger partial charge in [0, 0.05) is 42.2 Å². The van der Waals surface area contributed by atoms with Crippen LogP contribution < -0.4 is 15.0 Å². The number of piperidine rings is 1. The van der Waals surface area contributed by atoms with Crippen LogP contribution in [0.3, 0.4) is 0 Å². The first-order valence-corrected chi connectivity index (χ1v) is 13.5. The summed E-state index contributed by atoms with van der Waals surface area (Å²) in [5, 5.41) is 14.1. The molecule has 3 atom stereocenters. The van der Waals surface area contributed by atoms with E-state index < -0.39 is 5.97 Å². The summed E-state index contributed by atoms with van der Waals surface area (Å²) in [5.41, 5.74) is 2.06. The Morgan fingerprint density at radius 3 is 2.32 bits per heavy atom. The van der Waals surface area contributed by atoms with E-state index in [4.69, 9.17) is 32.9 Å². The molecule has 2 aromatic carbocycles. The molecule has 3 N–H and O–H groups in total. The fourth-order valence-corrected chi connectivity index (χ4v) is 6.30. The molecular formula is C27H22Cl2N4O4S. The smallest absolute Gasteiger partial charge is 0.348 e. The van der Waals surface area contributed by atoms with Gasteiger partial charge < -0.3 is 25.0 Å². The van der Waals surface area contributed by atoms with Crippen molar-refractivity contribution >= 4 is 51.5 Å². The highest BCUT2D eigenvalue weighted by Crippen LogP contribution is 2.48. The Labute approximate surface area is 232 Å². The van der Waals surface area contributed by atoms with E-state index >= 15 is 0 Å². The maximum Gasteiger partial charge on any atom is 0.348 e. The van der Waals surface area contributed by atoms with Gasteiger partial charge in [0.2, 0.25) is 0 Å². The zero-order valence-electron chi connectivity index (χ0n) is 20.1. The molecule has 1 saturated carbocycles. The van der Waals surface area contributed by atoms with Crippen LogP contribution in [0.15, 0.2) is 54.6 Å². The summed E-state index contributed by atoms with van der Waals surface area (Å²) in [4.78, 5) is 34.6. The number of amides is 1. The predicted molar refractivity (Wildman–Crippen MR) is 147 cm³/mol. The molecule has 0 radical (unpaired) electrons. The summed E-state index contributed by atoms with van der Waals surface area (Å²) in [5.74, 6) is 0.607. The third-order valence-electron chi connectivity index (χ3n) is 6.96. The number of fused-ring (bicyclic) bond motifs is 1. The number of carbonyl (C=O) groups excluding carboxylic acids is 1. The largest absolute Gasteiger partial charge is 0.477 e. The Balaban J connectivity index is 1.13. The summed E-state index contributed by atoms with van der Waals surface area (Å²) in [6, 6.07) is 16.7. The van der Waals surface area contributed by atoms with Crippen LogP contribution in [-0.2, 0) is 0 Å². The molecule has 38 heavy (non-hydrogen) atoms. The van der Waals surface area contributed by atoms with Gasteiger partial charge in [0.25, 0.3) is 5.91 Å². The summed E-state index contributed by atoms with van der Waals surface area (Å²) < 4.78 is 5.84. The molecule has 6 rings (SSSR count). The van der Waals surface area contributed by atoms with Crippen molar-refractivity contribution < 1.29 is 19.4 Å². The van der Waals surface area contributed by atoms with Gasteiger partial charge in [-0.25, -0.2) is 9.78 Å². The van der Waals surface area contributed by atoms with E-state index in [-0.39, 0.29) is 39.4 Å². The number of carbonyl (C=O) groups is 2. The van der Waals surface area contributed by atoms with E-state index in [2.05, 4.69) is 15.2 Å². The second kappa shape index (κ2) is 9.65. The molecule has 194 valence electrons. The zero-order valence-corrected chi connectivity index (χ0v) is 22.4. The van der Waals surface area contributed by atoms with Crippen LogP contribution in [-0.4, -0.2) is 46.1 Å². The molecule has 8 nitrogen and oxygen atoms in total. The van der Waals surface area contributed by atoms with Gasteiger partial charge in [-0.15, -0.1) is 0 Å². The average molecular weight is 569 g/mol. The van der Waals surface area contributed by atoms with Crippen LogP contribution in [0.4, 0.5) is 5.13 Å². The van der Waals surface area contributed by atoms with Crippen molar-refractivity contribution in [3.8, 4) is 22.8 Å². The van der Waals surface area contributed by atoms with Gasteiger partial charge in [-0.1, -0.05) is 52.7 Å². The molecule has 1 aliphatic carbocycles. The van der Waals surface area contributed by atoms with E-state index in [0.717, 1.165) is 5.75 Å². The number of aromatic nitrogens is 2. The maximum atomic E-state index is 12.7. The highest BCUT2D eigenvalue weighted by atomic mass is 35.5. The fourth-order valence-electron chi connectivity index (χ4n) is 4.94. The van der Waals surface area contributed by atoms with Crippen molar-refractivity contribution in [1.82, 2.24) is 15.3 Å². The van der Waals surface area contributed by atoms with E-state index in [1.807, 2.05) is 42.5 Å². The van der Waals surface area contributed by atoms with Gasteiger partial charge in [0.15, 0.2) is 5.13 Å². The lowest BCUT2D eigenvalue weighted by Gasteiger charge is -2.19. The van der Waals surface area contributed by atoms with Crippen molar-refractivity contribution in [2.75, 3.05) is 18.0 Å². The lowest BCUT2D eigenvalue weighted by Crippen LogP contribution is -2.34. The van der Waals surface area contributed by atoms with Gasteiger partial charge in [-0.3, -0.25) is 4.79 Å².